The first-order valence-corrected chi connectivity index (χ1v) is 14.4. The highest BCUT2D eigenvalue weighted by Crippen LogP contribution is 2.36. The van der Waals surface area contributed by atoms with Gasteiger partial charge in [-0.05, 0) is 36.8 Å². The smallest absolute Gasteiger partial charge is 0.409 e. The first-order chi connectivity index (χ1) is 18.2. The Morgan fingerprint density at radius 1 is 0.892 bits per heavy atom. The fourth-order valence-electron chi connectivity index (χ4n) is 4.99. The maximum atomic E-state index is 12.6. The van der Waals surface area contributed by atoms with Crippen LogP contribution in [0.15, 0.2) is 47.5 Å². The lowest BCUT2D eigenvalue weighted by molar-refractivity contribution is 0.0865. The molecule has 2 aliphatic heterocycles. The van der Waals surface area contributed by atoms with Crippen molar-refractivity contribution in [1.82, 2.24) is 9.80 Å². The van der Waals surface area contributed by atoms with Crippen molar-refractivity contribution in [2.45, 2.75) is 71.1 Å². The second-order valence-electron chi connectivity index (χ2n) is 10.0. The molecule has 1 saturated heterocycles. The summed E-state index contributed by atoms with van der Waals surface area (Å²) in [6, 6.07) is 13.9. The number of benzene rings is 2. The average molecular weight is 525 g/mol. The number of anilines is 2. The molecule has 0 aromatic heterocycles. The first kappa shape index (κ1) is 27.3. The number of para-hydroxylation sites is 1. The van der Waals surface area contributed by atoms with Gasteiger partial charge in [-0.25, -0.2) is 9.79 Å². The van der Waals surface area contributed by atoms with Crippen LogP contribution in [-0.2, 0) is 4.74 Å². The number of amides is 1. The van der Waals surface area contributed by atoms with Crippen LogP contribution < -0.4 is 5.32 Å². The van der Waals surface area contributed by atoms with Crippen LogP contribution in [0.1, 0.15) is 76.7 Å². The minimum Gasteiger partial charge on any atom is -0.449 e. The summed E-state index contributed by atoms with van der Waals surface area (Å²) >= 11 is 6.26. The van der Waals surface area contributed by atoms with Crippen molar-refractivity contribution >= 4 is 40.6 Å². The van der Waals surface area contributed by atoms with E-state index in [4.69, 9.17) is 21.3 Å². The standard InChI is InChI=1S/C30H41ClN4O2/c1-2-3-4-5-6-7-8-9-10-13-22-37-30(36)35-20-18-34(19-21-35)29-25-14-11-12-15-26(25)32-27-17-16-24(31)23-28(27)33-29/h11-12,14-17,23,32H,2-10,13,18-22H2,1H3. The molecule has 0 unspecified atom stereocenters. The number of ether oxygens (including phenoxy) is 1. The van der Waals surface area contributed by atoms with Gasteiger partial charge in [-0.1, -0.05) is 88.4 Å². The Labute approximate surface area is 227 Å². The van der Waals surface area contributed by atoms with E-state index in [9.17, 15) is 4.79 Å². The van der Waals surface area contributed by atoms with E-state index >= 15 is 0 Å². The SMILES string of the molecule is CCCCCCCCCCCCOC(=O)N1CCN(C2=Nc3cc(Cl)ccc3Nc3ccccc32)CC1. The molecular formula is C30H41ClN4O2. The Morgan fingerprint density at radius 3 is 2.30 bits per heavy atom. The quantitative estimate of drug-likeness (QED) is 0.301. The predicted octanol–water partition coefficient (Wildman–Crippen LogP) is 8.15. The Hall–Kier alpha value is -2.73. The number of piperazine rings is 1. The van der Waals surface area contributed by atoms with E-state index in [0.717, 1.165) is 41.3 Å². The third-order valence-electron chi connectivity index (χ3n) is 7.18. The minimum absolute atomic E-state index is 0.197. The summed E-state index contributed by atoms with van der Waals surface area (Å²) in [5.74, 6) is 0.905. The van der Waals surface area contributed by atoms with E-state index in [1.54, 1.807) is 0 Å². The molecule has 0 spiro atoms. The third kappa shape index (κ3) is 7.88. The van der Waals surface area contributed by atoms with E-state index in [1.807, 2.05) is 35.2 Å². The van der Waals surface area contributed by atoms with Crippen molar-refractivity contribution in [2.75, 3.05) is 38.1 Å². The molecule has 1 fully saturated rings. The lowest BCUT2D eigenvalue weighted by Crippen LogP contribution is -2.51. The zero-order valence-corrected chi connectivity index (χ0v) is 22.9. The second-order valence-corrected chi connectivity index (χ2v) is 10.5. The Bertz CT molecular complexity index is 1050. The average Bonchev–Trinajstić information content (AvgIpc) is 3.08. The van der Waals surface area contributed by atoms with Gasteiger partial charge in [0.05, 0.1) is 18.0 Å². The summed E-state index contributed by atoms with van der Waals surface area (Å²) in [6.45, 7) is 5.42. The number of rotatable bonds is 11. The lowest BCUT2D eigenvalue weighted by Gasteiger charge is -2.36. The molecule has 0 aliphatic carbocycles. The number of amidine groups is 1. The summed E-state index contributed by atoms with van der Waals surface area (Å²) in [5.41, 5.74) is 3.81. The topological polar surface area (TPSA) is 57.2 Å². The molecule has 0 saturated carbocycles. The maximum absolute atomic E-state index is 12.6. The summed E-state index contributed by atoms with van der Waals surface area (Å²) in [6.07, 6.45) is 12.5. The van der Waals surface area contributed by atoms with E-state index in [-0.39, 0.29) is 6.09 Å². The number of nitrogens with one attached hydrogen (secondary N) is 1. The summed E-state index contributed by atoms with van der Waals surface area (Å²) in [5, 5.41) is 4.15. The van der Waals surface area contributed by atoms with Gasteiger partial charge in [0.25, 0.3) is 0 Å². The van der Waals surface area contributed by atoms with Gasteiger partial charge in [0.15, 0.2) is 0 Å². The molecule has 1 N–H and O–H groups in total. The van der Waals surface area contributed by atoms with Crippen LogP contribution in [0.2, 0.25) is 5.02 Å². The number of hydrogen-bond donors (Lipinski definition) is 1. The molecule has 2 aromatic carbocycles. The number of halogens is 1. The van der Waals surface area contributed by atoms with Crippen LogP contribution in [0.4, 0.5) is 21.9 Å². The van der Waals surface area contributed by atoms with E-state index in [1.165, 1.54) is 51.4 Å². The van der Waals surface area contributed by atoms with Gasteiger partial charge < -0.3 is 19.9 Å². The highest BCUT2D eigenvalue weighted by Gasteiger charge is 2.27. The number of fused-ring (bicyclic) bond motifs is 2. The molecule has 4 rings (SSSR count). The Balaban J connectivity index is 1.21. The molecule has 6 nitrogen and oxygen atoms in total. The summed E-state index contributed by atoms with van der Waals surface area (Å²) in [4.78, 5) is 21.7. The molecule has 0 atom stereocenters. The van der Waals surface area contributed by atoms with Crippen LogP contribution in [-0.4, -0.2) is 54.5 Å². The molecule has 1 amide bonds. The number of unbranched alkanes of at least 4 members (excludes halogenated alkanes) is 9. The first-order valence-electron chi connectivity index (χ1n) is 14.1. The van der Waals surface area contributed by atoms with Crippen molar-refractivity contribution in [3.05, 3.63) is 53.1 Å². The van der Waals surface area contributed by atoms with Crippen LogP contribution >= 0.6 is 11.6 Å². The molecule has 0 radical (unpaired) electrons. The van der Waals surface area contributed by atoms with Gasteiger partial charge in [-0.3, -0.25) is 0 Å². The highest BCUT2D eigenvalue weighted by molar-refractivity contribution is 6.31. The van der Waals surface area contributed by atoms with Crippen LogP contribution in [0, 0.1) is 0 Å². The van der Waals surface area contributed by atoms with Crippen LogP contribution in [0.3, 0.4) is 0 Å². The van der Waals surface area contributed by atoms with Crippen LogP contribution in [0.25, 0.3) is 0 Å². The van der Waals surface area contributed by atoms with E-state index in [0.29, 0.717) is 37.8 Å². The van der Waals surface area contributed by atoms with Crippen molar-refractivity contribution in [3.63, 3.8) is 0 Å². The van der Waals surface area contributed by atoms with E-state index in [2.05, 4.69) is 29.3 Å². The number of aliphatic imine (C=N–C) groups is 1. The molecule has 2 aliphatic rings. The van der Waals surface area contributed by atoms with Gasteiger partial charge in [-0.2, -0.15) is 0 Å². The van der Waals surface area contributed by atoms with Crippen molar-refractivity contribution in [1.29, 1.82) is 0 Å². The molecule has 37 heavy (non-hydrogen) atoms. The fraction of sp³-hybridized carbons (Fsp3) is 0.533. The van der Waals surface area contributed by atoms with Gasteiger partial charge >= 0.3 is 6.09 Å². The van der Waals surface area contributed by atoms with E-state index < -0.39 is 0 Å². The normalized spacial score (nSPS) is 14.8. The molecule has 0 bridgehead atoms. The molecule has 2 aromatic rings. The second kappa shape index (κ2) is 14.3. The molecule has 7 heteroatoms. The van der Waals surface area contributed by atoms with Crippen molar-refractivity contribution < 1.29 is 9.53 Å². The fourth-order valence-corrected chi connectivity index (χ4v) is 5.16. The Kier molecular flexibility index (Phi) is 10.5. The van der Waals surface area contributed by atoms with Gasteiger partial charge in [-0.15, -0.1) is 0 Å². The monoisotopic (exact) mass is 524 g/mol. The zero-order chi connectivity index (χ0) is 25.9. The van der Waals surface area contributed by atoms with Crippen LogP contribution in [0.5, 0.6) is 0 Å². The third-order valence-corrected chi connectivity index (χ3v) is 7.42. The minimum atomic E-state index is -0.197. The summed E-state index contributed by atoms with van der Waals surface area (Å²) in [7, 11) is 0. The van der Waals surface area contributed by atoms with Crippen molar-refractivity contribution in [3.8, 4) is 0 Å². The molecular weight excluding hydrogens is 484 g/mol. The number of carbonyl (C=O) groups is 1. The van der Waals surface area contributed by atoms with Gasteiger partial charge in [0, 0.05) is 42.5 Å². The Morgan fingerprint density at radius 2 is 1.57 bits per heavy atom. The highest BCUT2D eigenvalue weighted by atomic mass is 35.5. The lowest BCUT2D eigenvalue weighted by atomic mass is 10.1. The molecule has 200 valence electrons. The number of nitrogens with zero attached hydrogens (tertiary/aromatic N) is 3. The largest absolute Gasteiger partial charge is 0.449 e. The maximum Gasteiger partial charge on any atom is 0.409 e. The van der Waals surface area contributed by atoms with Gasteiger partial charge in [0.2, 0.25) is 0 Å². The zero-order valence-electron chi connectivity index (χ0n) is 22.2. The molecule has 2 heterocycles. The number of hydrogen-bond acceptors (Lipinski definition) is 5. The van der Waals surface area contributed by atoms with Crippen molar-refractivity contribution in [2.24, 2.45) is 4.99 Å². The van der Waals surface area contributed by atoms with Gasteiger partial charge in [0.1, 0.15) is 5.84 Å². The summed E-state index contributed by atoms with van der Waals surface area (Å²) < 4.78 is 5.58. The number of carbonyl (C=O) groups excluding carboxylic acids is 1. The predicted molar refractivity (Wildman–Crippen MR) is 154 cm³/mol.